The zero-order valence-electron chi connectivity index (χ0n) is 17.3. The van der Waals surface area contributed by atoms with E-state index in [2.05, 4.69) is 10.6 Å². The molecule has 0 radical (unpaired) electrons. The van der Waals surface area contributed by atoms with Gasteiger partial charge in [-0.1, -0.05) is 0 Å². The average molecular weight is 442 g/mol. The molecule has 13 heteroatoms. The zero-order valence-corrected chi connectivity index (χ0v) is 17.3. The number of carboxylic acids is 1. The van der Waals surface area contributed by atoms with E-state index in [1.54, 1.807) is 0 Å². The van der Waals surface area contributed by atoms with Crippen molar-refractivity contribution in [3.05, 3.63) is 0 Å². The SMILES string of the molecule is CC(N)C(=O)NC(CCC(N)=O)C(=O)NC(CCC(N)=O)C(=O)N1CCCC1C(=O)O. The fourth-order valence-corrected chi connectivity index (χ4v) is 3.16. The third-order valence-corrected chi connectivity index (χ3v) is 4.84. The van der Waals surface area contributed by atoms with Crippen LogP contribution in [0.1, 0.15) is 45.4 Å². The Morgan fingerprint density at radius 2 is 1.48 bits per heavy atom. The fraction of sp³-hybridized carbons (Fsp3) is 0.667. The van der Waals surface area contributed by atoms with E-state index in [9.17, 15) is 33.9 Å². The van der Waals surface area contributed by atoms with Crippen molar-refractivity contribution in [2.45, 2.75) is 69.6 Å². The molecule has 0 saturated carbocycles. The Morgan fingerprint density at radius 1 is 0.968 bits per heavy atom. The Labute approximate surface area is 179 Å². The lowest BCUT2D eigenvalue weighted by Gasteiger charge is -2.28. The molecule has 5 amide bonds. The molecule has 1 saturated heterocycles. The van der Waals surface area contributed by atoms with Crippen LogP contribution < -0.4 is 27.8 Å². The molecular formula is C18H30N6O7. The van der Waals surface area contributed by atoms with E-state index in [1.807, 2.05) is 0 Å². The first-order valence-corrected chi connectivity index (χ1v) is 9.90. The topological polar surface area (TPSA) is 228 Å². The molecule has 0 bridgehead atoms. The maximum absolute atomic E-state index is 12.9. The Kier molecular flexibility index (Phi) is 9.86. The van der Waals surface area contributed by atoms with Crippen molar-refractivity contribution in [1.82, 2.24) is 15.5 Å². The number of nitrogens with one attached hydrogen (secondary N) is 2. The summed E-state index contributed by atoms with van der Waals surface area (Å²) in [6.07, 6.45) is -0.0106. The Hall–Kier alpha value is -3.22. The van der Waals surface area contributed by atoms with Gasteiger partial charge in [0.2, 0.25) is 29.5 Å². The van der Waals surface area contributed by atoms with E-state index in [0.29, 0.717) is 6.42 Å². The van der Waals surface area contributed by atoms with Crippen LogP contribution in [-0.2, 0) is 28.8 Å². The molecule has 0 aliphatic carbocycles. The van der Waals surface area contributed by atoms with E-state index in [1.165, 1.54) is 6.92 Å². The van der Waals surface area contributed by atoms with Gasteiger partial charge in [0.15, 0.2) is 0 Å². The van der Waals surface area contributed by atoms with Gasteiger partial charge in [-0.25, -0.2) is 4.79 Å². The highest BCUT2D eigenvalue weighted by molar-refractivity contribution is 5.94. The van der Waals surface area contributed by atoms with Crippen molar-refractivity contribution in [3.8, 4) is 0 Å². The molecule has 1 aliphatic heterocycles. The molecule has 174 valence electrons. The predicted octanol–water partition coefficient (Wildman–Crippen LogP) is -3.09. The summed E-state index contributed by atoms with van der Waals surface area (Å²) < 4.78 is 0. The third kappa shape index (κ3) is 8.20. The van der Waals surface area contributed by atoms with Crippen molar-refractivity contribution >= 4 is 35.5 Å². The molecule has 4 unspecified atom stereocenters. The highest BCUT2D eigenvalue weighted by Crippen LogP contribution is 2.19. The summed E-state index contributed by atoms with van der Waals surface area (Å²) in [7, 11) is 0. The zero-order chi connectivity index (χ0) is 23.7. The van der Waals surface area contributed by atoms with Gasteiger partial charge in [-0.3, -0.25) is 24.0 Å². The smallest absolute Gasteiger partial charge is 0.326 e. The number of amides is 5. The lowest BCUT2D eigenvalue weighted by Crippen LogP contribution is -2.57. The van der Waals surface area contributed by atoms with E-state index in [4.69, 9.17) is 17.2 Å². The van der Waals surface area contributed by atoms with Gasteiger partial charge in [0, 0.05) is 19.4 Å². The number of carboxylic acid groups (broad SMARTS) is 1. The Balaban J connectivity index is 3.02. The number of rotatable bonds is 12. The molecule has 1 heterocycles. The number of nitrogens with zero attached hydrogens (tertiary/aromatic N) is 1. The first-order valence-electron chi connectivity index (χ1n) is 9.90. The first-order chi connectivity index (χ1) is 14.4. The minimum atomic E-state index is -1.25. The monoisotopic (exact) mass is 442 g/mol. The minimum absolute atomic E-state index is 0.141. The lowest BCUT2D eigenvalue weighted by molar-refractivity contribution is -0.149. The molecule has 1 aliphatic rings. The Morgan fingerprint density at radius 3 is 1.97 bits per heavy atom. The normalized spacial score (nSPS) is 18.5. The van der Waals surface area contributed by atoms with Gasteiger partial charge < -0.3 is 37.8 Å². The van der Waals surface area contributed by atoms with E-state index < -0.39 is 59.7 Å². The number of primary amides is 2. The largest absolute Gasteiger partial charge is 0.480 e. The summed E-state index contributed by atoms with van der Waals surface area (Å²) in [5, 5.41) is 14.1. The van der Waals surface area contributed by atoms with Crippen LogP contribution >= 0.6 is 0 Å². The number of aliphatic carboxylic acids is 1. The number of hydrogen-bond acceptors (Lipinski definition) is 7. The van der Waals surface area contributed by atoms with E-state index in [-0.39, 0.29) is 38.6 Å². The van der Waals surface area contributed by atoms with Gasteiger partial charge >= 0.3 is 5.97 Å². The standard InChI is InChI=1S/C18H30N6O7/c1-9(19)15(27)22-10(4-6-13(20)25)16(28)23-11(5-7-14(21)26)17(29)24-8-2-3-12(24)18(30)31/h9-12H,2-8,19H2,1H3,(H2,20,25)(H2,21,26)(H,22,27)(H,23,28)(H,30,31). The summed E-state index contributed by atoms with van der Waals surface area (Å²) in [6, 6.07) is -4.44. The number of nitrogens with two attached hydrogens (primary N) is 3. The van der Waals surface area contributed by atoms with Crippen molar-refractivity contribution < 1.29 is 33.9 Å². The molecular weight excluding hydrogens is 412 g/mol. The number of likely N-dealkylation sites (tertiary alicyclic amines) is 1. The molecule has 1 rings (SSSR count). The molecule has 4 atom stereocenters. The molecule has 9 N–H and O–H groups in total. The van der Waals surface area contributed by atoms with Crippen LogP contribution in [0.5, 0.6) is 0 Å². The van der Waals surface area contributed by atoms with Gasteiger partial charge in [0.1, 0.15) is 18.1 Å². The van der Waals surface area contributed by atoms with Gasteiger partial charge in [-0.15, -0.1) is 0 Å². The van der Waals surface area contributed by atoms with E-state index >= 15 is 0 Å². The van der Waals surface area contributed by atoms with Gasteiger partial charge in [-0.05, 0) is 32.6 Å². The molecule has 31 heavy (non-hydrogen) atoms. The molecule has 1 fully saturated rings. The summed E-state index contributed by atoms with van der Waals surface area (Å²) in [5.41, 5.74) is 15.8. The maximum atomic E-state index is 12.9. The van der Waals surface area contributed by atoms with Crippen LogP contribution in [0.2, 0.25) is 0 Å². The van der Waals surface area contributed by atoms with Crippen LogP contribution in [0.15, 0.2) is 0 Å². The van der Waals surface area contributed by atoms with Gasteiger partial charge in [0.25, 0.3) is 0 Å². The molecule has 0 aromatic heterocycles. The van der Waals surface area contributed by atoms with Crippen LogP contribution in [0, 0.1) is 0 Å². The summed E-state index contributed by atoms with van der Waals surface area (Å²) in [4.78, 5) is 72.5. The lowest BCUT2D eigenvalue weighted by atomic mass is 10.1. The number of carbonyl (C=O) groups is 6. The quantitative estimate of drug-likeness (QED) is 0.181. The highest BCUT2D eigenvalue weighted by Gasteiger charge is 2.38. The highest BCUT2D eigenvalue weighted by atomic mass is 16.4. The summed E-state index contributed by atoms with van der Waals surface area (Å²) in [6.45, 7) is 1.59. The van der Waals surface area contributed by atoms with Crippen molar-refractivity contribution in [2.24, 2.45) is 17.2 Å². The fourth-order valence-electron chi connectivity index (χ4n) is 3.16. The van der Waals surface area contributed by atoms with Crippen molar-refractivity contribution in [2.75, 3.05) is 6.54 Å². The second kappa shape index (κ2) is 11.8. The third-order valence-electron chi connectivity index (χ3n) is 4.84. The maximum Gasteiger partial charge on any atom is 0.326 e. The van der Waals surface area contributed by atoms with Crippen molar-refractivity contribution in [3.63, 3.8) is 0 Å². The number of hydrogen-bond donors (Lipinski definition) is 6. The minimum Gasteiger partial charge on any atom is -0.480 e. The van der Waals surface area contributed by atoms with Crippen LogP contribution in [0.3, 0.4) is 0 Å². The number of carbonyl (C=O) groups excluding carboxylic acids is 5. The van der Waals surface area contributed by atoms with Crippen LogP contribution in [0.25, 0.3) is 0 Å². The van der Waals surface area contributed by atoms with Gasteiger partial charge in [0.05, 0.1) is 6.04 Å². The first kappa shape index (κ1) is 25.8. The second-order valence-corrected chi connectivity index (χ2v) is 7.45. The van der Waals surface area contributed by atoms with Crippen LogP contribution in [0.4, 0.5) is 0 Å². The molecule has 0 aromatic carbocycles. The van der Waals surface area contributed by atoms with Gasteiger partial charge in [-0.2, -0.15) is 0 Å². The van der Waals surface area contributed by atoms with Crippen LogP contribution in [-0.4, -0.2) is 76.2 Å². The van der Waals surface area contributed by atoms with Crippen molar-refractivity contribution in [1.29, 1.82) is 0 Å². The predicted molar refractivity (Wildman–Crippen MR) is 107 cm³/mol. The molecule has 0 aromatic rings. The summed E-state index contributed by atoms with van der Waals surface area (Å²) >= 11 is 0. The molecule has 13 nitrogen and oxygen atoms in total. The summed E-state index contributed by atoms with van der Waals surface area (Å²) in [5.74, 6) is -4.71. The van der Waals surface area contributed by atoms with E-state index in [0.717, 1.165) is 4.90 Å². The molecule has 0 spiro atoms. The second-order valence-electron chi connectivity index (χ2n) is 7.45. The average Bonchev–Trinajstić information content (AvgIpc) is 3.17. The Bertz CT molecular complexity index is 726.